The number of fused-ring (bicyclic) bond motifs is 1. The van der Waals surface area contributed by atoms with Gasteiger partial charge in [-0.15, -0.1) is 0 Å². The van der Waals surface area contributed by atoms with E-state index >= 15 is 0 Å². The van der Waals surface area contributed by atoms with Gasteiger partial charge in [0.15, 0.2) is 0 Å². The Bertz CT molecular complexity index is 1230. The number of hydrogen-bond acceptors (Lipinski definition) is 4. The Kier molecular flexibility index (Phi) is 5.28. The molecule has 1 saturated heterocycles. The molecule has 3 aromatic rings. The van der Waals surface area contributed by atoms with E-state index < -0.39 is 0 Å². The van der Waals surface area contributed by atoms with E-state index in [1.165, 1.54) is 9.25 Å². The summed E-state index contributed by atoms with van der Waals surface area (Å²) < 4.78 is 2.77. The molecule has 32 heavy (non-hydrogen) atoms. The number of aromatic nitrogens is 3. The van der Waals surface area contributed by atoms with Crippen LogP contribution in [0.3, 0.4) is 0 Å². The van der Waals surface area contributed by atoms with Crippen LogP contribution < -0.4 is 11.0 Å². The summed E-state index contributed by atoms with van der Waals surface area (Å²) in [7, 11) is 1.70. The van der Waals surface area contributed by atoms with Gasteiger partial charge in [-0.1, -0.05) is 36.4 Å². The van der Waals surface area contributed by atoms with E-state index in [2.05, 4.69) is 10.4 Å². The van der Waals surface area contributed by atoms with Gasteiger partial charge in [-0.2, -0.15) is 5.10 Å². The topological polar surface area (TPSA) is 89.2 Å². The van der Waals surface area contributed by atoms with Crippen molar-refractivity contribution in [1.29, 1.82) is 0 Å². The number of piperidine rings is 1. The minimum Gasteiger partial charge on any atom is -0.342 e. The van der Waals surface area contributed by atoms with Crippen LogP contribution in [0, 0.1) is 5.92 Å². The summed E-state index contributed by atoms with van der Waals surface area (Å²) in [5.41, 5.74) is 0.412. The van der Waals surface area contributed by atoms with Gasteiger partial charge in [-0.25, -0.2) is 9.48 Å². The Morgan fingerprint density at radius 1 is 1.03 bits per heavy atom. The molecule has 1 aromatic heterocycles. The highest BCUT2D eigenvalue weighted by atomic mass is 16.2. The molecule has 2 aliphatic rings. The third-order valence-electron chi connectivity index (χ3n) is 6.53. The maximum Gasteiger partial charge on any atom is 0.346 e. The molecular formula is C24H27N5O3. The first-order valence-electron chi connectivity index (χ1n) is 11.2. The molecule has 2 fully saturated rings. The fourth-order valence-electron chi connectivity index (χ4n) is 4.57. The molecular weight excluding hydrogens is 406 g/mol. The third-order valence-corrected chi connectivity index (χ3v) is 6.53. The van der Waals surface area contributed by atoms with Crippen molar-refractivity contribution in [2.24, 2.45) is 13.0 Å². The lowest BCUT2D eigenvalue weighted by Gasteiger charge is -2.31. The van der Waals surface area contributed by atoms with Crippen molar-refractivity contribution in [1.82, 2.24) is 19.2 Å². The van der Waals surface area contributed by atoms with E-state index in [1.807, 2.05) is 47.4 Å². The first-order valence-corrected chi connectivity index (χ1v) is 11.2. The Hall–Kier alpha value is -3.42. The van der Waals surface area contributed by atoms with Crippen LogP contribution in [0.15, 0.2) is 47.3 Å². The highest BCUT2D eigenvalue weighted by molar-refractivity contribution is 6.01. The molecule has 1 N–H and O–H groups in total. The van der Waals surface area contributed by atoms with E-state index in [0.29, 0.717) is 24.6 Å². The zero-order valence-electron chi connectivity index (χ0n) is 18.2. The van der Waals surface area contributed by atoms with Gasteiger partial charge < -0.3 is 10.2 Å². The van der Waals surface area contributed by atoms with E-state index in [0.717, 1.165) is 36.5 Å². The number of amides is 2. The first kappa shape index (κ1) is 20.5. The molecule has 1 aliphatic heterocycles. The molecule has 0 bridgehead atoms. The zero-order valence-corrected chi connectivity index (χ0v) is 18.2. The van der Waals surface area contributed by atoms with Crippen molar-refractivity contribution in [3.05, 3.63) is 58.8 Å². The summed E-state index contributed by atoms with van der Waals surface area (Å²) in [6, 6.07) is 13.6. The van der Waals surface area contributed by atoms with E-state index in [4.69, 9.17) is 0 Å². The maximum atomic E-state index is 12.7. The Labute approximate surface area is 185 Å². The molecule has 1 saturated carbocycles. The van der Waals surface area contributed by atoms with Crippen LogP contribution in [-0.2, 0) is 23.2 Å². The monoisotopic (exact) mass is 433 g/mol. The van der Waals surface area contributed by atoms with Crippen LogP contribution in [0.4, 0.5) is 5.69 Å². The quantitative estimate of drug-likeness (QED) is 0.670. The predicted molar refractivity (Wildman–Crippen MR) is 121 cm³/mol. The van der Waals surface area contributed by atoms with Crippen LogP contribution in [0.1, 0.15) is 37.4 Å². The minimum atomic E-state index is -0.301. The van der Waals surface area contributed by atoms with Gasteiger partial charge in [0.2, 0.25) is 11.8 Å². The van der Waals surface area contributed by atoms with E-state index in [1.54, 1.807) is 7.05 Å². The maximum absolute atomic E-state index is 12.7. The lowest BCUT2D eigenvalue weighted by molar-refractivity contribution is -0.133. The SMILES string of the molecule is Cn1c(C2CCN(C(=O)C3CC3)CC2)nn(CC(=O)Nc2cccc3ccccc23)c1=O. The summed E-state index contributed by atoms with van der Waals surface area (Å²) >= 11 is 0. The molecule has 2 amide bonds. The second-order valence-corrected chi connectivity index (χ2v) is 8.81. The number of anilines is 1. The summed E-state index contributed by atoms with van der Waals surface area (Å²) in [6.45, 7) is 1.25. The van der Waals surface area contributed by atoms with Crippen molar-refractivity contribution >= 4 is 28.3 Å². The predicted octanol–water partition coefficient (Wildman–Crippen LogP) is 2.49. The fraction of sp³-hybridized carbons (Fsp3) is 0.417. The lowest BCUT2D eigenvalue weighted by Crippen LogP contribution is -2.39. The van der Waals surface area contributed by atoms with Crippen molar-refractivity contribution in [2.45, 2.75) is 38.1 Å². The number of carbonyl (C=O) groups is 2. The average molecular weight is 434 g/mol. The van der Waals surface area contributed by atoms with Crippen molar-refractivity contribution < 1.29 is 9.59 Å². The van der Waals surface area contributed by atoms with Crippen LogP contribution in [-0.4, -0.2) is 44.2 Å². The minimum absolute atomic E-state index is 0.110. The summed E-state index contributed by atoms with van der Waals surface area (Å²) in [4.78, 5) is 39.7. The molecule has 0 spiro atoms. The number of benzene rings is 2. The Morgan fingerprint density at radius 2 is 1.75 bits per heavy atom. The Balaban J connectivity index is 1.27. The molecule has 0 radical (unpaired) electrons. The number of nitrogens with one attached hydrogen (secondary N) is 1. The molecule has 8 nitrogen and oxygen atoms in total. The number of hydrogen-bond donors (Lipinski definition) is 1. The zero-order chi connectivity index (χ0) is 22.2. The van der Waals surface area contributed by atoms with Crippen LogP contribution in [0.25, 0.3) is 10.8 Å². The molecule has 5 rings (SSSR count). The molecule has 0 atom stereocenters. The number of likely N-dealkylation sites (tertiary alicyclic amines) is 1. The third kappa shape index (κ3) is 3.92. The molecule has 0 unspecified atom stereocenters. The fourth-order valence-corrected chi connectivity index (χ4v) is 4.57. The van der Waals surface area contributed by atoms with E-state index in [9.17, 15) is 14.4 Å². The standard InChI is InChI=1S/C24H27N5O3/c1-27-22(17-11-13-28(14-12-17)23(31)18-9-10-18)26-29(24(27)32)15-21(30)25-20-8-4-6-16-5-2-3-7-19(16)20/h2-8,17-18H,9-15H2,1H3,(H,25,30). The summed E-state index contributed by atoms with van der Waals surface area (Å²) in [5, 5.41) is 9.39. The van der Waals surface area contributed by atoms with Gasteiger partial charge >= 0.3 is 5.69 Å². The van der Waals surface area contributed by atoms with Crippen LogP contribution in [0.5, 0.6) is 0 Å². The van der Waals surface area contributed by atoms with Gasteiger partial charge in [0.1, 0.15) is 12.4 Å². The molecule has 2 heterocycles. The number of carbonyl (C=O) groups excluding carboxylic acids is 2. The van der Waals surface area contributed by atoms with E-state index in [-0.39, 0.29) is 35.9 Å². The summed E-state index contributed by atoms with van der Waals surface area (Å²) in [6.07, 6.45) is 3.59. The normalized spacial score (nSPS) is 17.0. The number of rotatable bonds is 5. The lowest BCUT2D eigenvalue weighted by atomic mass is 9.95. The average Bonchev–Trinajstić information content (AvgIpc) is 3.62. The van der Waals surface area contributed by atoms with Crippen molar-refractivity contribution in [3.63, 3.8) is 0 Å². The molecule has 166 valence electrons. The summed E-state index contributed by atoms with van der Waals surface area (Å²) in [5.74, 6) is 1.01. The van der Waals surface area contributed by atoms with Gasteiger partial charge in [0, 0.05) is 43.0 Å². The molecule has 2 aromatic carbocycles. The van der Waals surface area contributed by atoms with Gasteiger partial charge in [-0.05, 0) is 37.1 Å². The second kappa shape index (κ2) is 8.26. The van der Waals surface area contributed by atoms with Crippen molar-refractivity contribution in [2.75, 3.05) is 18.4 Å². The van der Waals surface area contributed by atoms with Gasteiger partial charge in [0.25, 0.3) is 0 Å². The van der Waals surface area contributed by atoms with Gasteiger partial charge in [0.05, 0.1) is 0 Å². The second-order valence-electron chi connectivity index (χ2n) is 8.81. The van der Waals surface area contributed by atoms with Crippen LogP contribution >= 0.6 is 0 Å². The largest absolute Gasteiger partial charge is 0.346 e. The van der Waals surface area contributed by atoms with Crippen molar-refractivity contribution in [3.8, 4) is 0 Å². The highest BCUT2D eigenvalue weighted by Gasteiger charge is 2.36. The highest BCUT2D eigenvalue weighted by Crippen LogP contribution is 2.34. The Morgan fingerprint density at radius 3 is 2.50 bits per heavy atom. The number of nitrogens with zero attached hydrogens (tertiary/aromatic N) is 4. The molecule has 1 aliphatic carbocycles. The van der Waals surface area contributed by atoms with Crippen LogP contribution in [0.2, 0.25) is 0 Å². The first-order chi connectivity index (χ1) is 15.5. The smallest absolute Gasteiger partial charge is 0.342 e. The molecule has 8 heteroatoms. The van der Waals surface area contributed by atoms with Gasteiger partial charge in [-0.3, -0.25) is 14.2 Å².